The molecule has 1 aliphatic rings. The van der Waals surface area contributed by atoms with E-state index in [9.17, 15) is 4.79 Å². The molecule has 3 N–H and O–H groups in total. The molecule has 0 bridgehead atoms. The summed E-state index contributed by atoms with van der Waals surface area (Å²) in [5.41, 5.74) is 8.10. The van der Waals surface area contributed by atoms with E-state index in [4.69, 9.17) is 10.5 Å². The number of nitrogen functional groups attached to an aromatic ring is 1. The number of benzene rings is 1. The average molecular weight is 415 g/mol. The Balaban J connectivity index is 1.51. The average Bonchev–Trinajstić information content (AvgIpc) is 3.05. The number of nitrogens with zero attached hydrogens (tertiary/aromatic N) is 2. The van der Waals surface area contributed by atoms with Gasteiger partial charge in [0.15, 0.2) is 5.16 Å². The number of hydrogen-bond acceptors (Lipinski definition) is 7. The van der Waals surface area contributed by atoms with E-state index in [1.807, 2.05) is 30.3 Å². The number of thioether (sulfide) groups is 1. The van der Waals surface area contributed by atoms with Crippen LogP contribution in [0.15, 0.2) is 35.5 Å². The number of thiophene rings is 1. The van der Waals surface area contributed by atoms with E-state index >= 15 is 0 Å². The van der Waals surface area contributed by atoms with Crippen molar-refractivity contribution in [2.45, 2.75) is 44.1 Å². The number of para-hydroxylation sites is 1. The maximum absolute atomic E-state index is 12.2. The number of rotatable bonds is 5. The van der Waals surface area contributed by atoms with Crippen LogP contribution in [0.2, 0.25) is 0 Å². The number of ether oxygens (including phenoxy) is 1. The van der Waals surface area contributed by atoms with Crippen LogP contribution in [-0.2, 0) is 22.6 Å². The highest BCUT2D eigenvalue weighted by molar-refractivity contribution is 7.99. The molecule has 0 aliphatic carbocycles. The van der Waals surface area contributed by atoms with Crippen LogP contribution >= 0.6 is 23.1 Å². The number of nitrogens with two attached hydrogens (primary N) is 1. The number of hydrogen-bond donors (Lipinski definition) is 2. The fourth-order valence-corrected chi connectivity index (χ4v) is 5.04. The van der Waals surface area contributed by atoms with E-state index in [-0.39, 0.29) is 17.3 Å². The highest BCUT2D eigenvalue weighted by Gasteiger charge is 2.33. The van der Waals surface area contributed by atoms with Crippen LogP contribution in [0.4, 0.5) is 11.5 Å². The first-order valence-corrected chi connectivity index (χ1v) is 11.0. The zero-order chi connectivity index (χ0) is 19.7. The van der Waals surface area contributed by atoms with Crippen LogP contribution in [0.3, 0.4) is 0 Å². The Morgan fingerprint density at radius 2 is 2.14 bits per heavy atom. The first kappa shape index (κ1) is 19.2. The summed E-state index contributed by atoms with van der Waals surface area (Å²) in [6.45, 7) is 4.85. The fraction of sp³-hybridized carbons (Fsp3) is 0.350. The van der Waals surface area contributed by atoms with Gasteiger partial charge < -0.3 is 15.8 Å². The number of carbonyl (C=O) groups excluding carboxylic acids is 1. The SMILES string of the molecule is CC[C@]1(C)Cc2c(sc3nc(SCC(=O)Nc4ccccc4)nc(N)c23)CO1. The van der Waals surface area contributed by atoms with Gasteiger partial charge in [-0.2, -0.15) is 0 Å². The lowest BCUT2D eigenvalue weighted by Crippen LogP contribution is -2.33. The van der Waals surface area contributed by atoms with Crippen molar-refractivity contribution in [1.29, 1.82) is 0 Å². The summed E-state index contributed by atoms with van der Waals surface area (Å²) < 4.78 is 6.04. The van der Waals surface area contributed by atoms with Crippen LogP contribution in [0.25, 0.3) is 10.2 Å². The predicted octanol–water partition coefficient (Wildman–Crippen LogP) is 4.25. The number of fused-ring (bicyclic) bond motifs is 3. The molecule has 0 fully saturated rings. The van der Waals surface area contributed by atoms with Crippen molar-refractivity contribution in [3.63, 3.8) is 0 Å². The molecule has 2 aromatic heterocycles. The van der Waals surface area contributed by atoms with E-state index in [1.54, 1.807) is 11.3 Å². The maximum Gasteiger partial charge on any atom is 0.234 e. The molecule has 1 amide bonds. The van der Waals surface area contributed by atoms with Gasteiger partial charge in [0.25, 0.3) is 0 Å². The Morgan fingerprint density at radius 3 is 2.89 bits per heavy atom. The lowest BCUT2D eigenvalue weighted by Gasteiger charge is -2.33. The van der Waals surface area contributed by atoms with Gasteiger partial charge in [0.2, 0.25) is 5.91 Å². The normalized spacial score (nSPS) is 18.8. The van der Waals surface area contributed by atoms with Crippen molar-refractivity contribution in [1.82, 2.24) is 9.97 Å². The van der Waals surface area contributed by atoms with Crippen molar-refractivity contribution < 1.29 is 9.53 Å². The van der Waals surface area contributed by atoms with Gasteiger partial charge in [-0.25, -0.2) is 9.97 Å². The van der Waals surface area contributed by atoms with Gasteiger partial charge in [-0.3, -0.25) is 4.79 Å². The molecule has 1 aliphatic heterocycles. The van der Waals surface area contributed by atoms with Crippen molar-refractivity contribution in [3.05, 3.63) is 40.8 Å². The zero-order valence-corrected chi connectivity index (χ0v) is 17.5. The highest BCUT2D eigenvalue weighted by Crippen LogP contribution is 2.41. The molecule has 1 atom stereocenters. The Labute approximate surface area is 171 Å². The molecule has 8 heteroatoms. The summed E-state index contributed by atoms with van der Waals surface area (Å²) in [5.74, 6) is 0.604. The minimum atomic E-state index is -0.170. The number of nitrogens with one attached hydrogen (secondary N) is 1. The fourth-order valence-electron chi connectivity index (χ4n) is 3.22. The van der Waals surface area contributed by atoms with Crippen LogP contribution in [-0.4, -0.2) is 27.2 Å². The molecule has 6 nitrogen and oxygen atoms in total. The van der Waals surface area contributed by atoms with Crippen molar-refractivity contribution in [3.8, 4) is 0 Å². The standard InChI is InChI=1S/C20H22N4O2S2/c1-3-20(2)9-13-14(10-26-20)28-18-16(13)17(21)23-19(24-18)27-11-15(25)22-12-7-5-4-6-8-12/h4-8H,3,9-11H2,1-2H3,(H,22,25)(H2,21,23,24)/t20-/m1/s1. The first-order valence-electron chi connectivity index (χ1n) is 9.17. The first-order chi connectivity index (χ1) is 13.5. The zero-order valence-electron chi connectivity index (χ0n) is 15.8. The summed E-state index contributed by atoms with van der Waals surface area (Å²) in [6.07, 6.45) is 1.76. The van der Waals surface area contributed by atoms with Crippen LogP contribution in [0.5, 0.6) is 0 Å². The van der Waals surface area contributed by atoms with E-state index in [0.29, 0.717) is 17.6 Å². The number of carbonyl (C=O) groups is 1. The molecule has 1 aromatic carbocycles. The van der Waals surface area contributed by atoms with Crippen LogP contribution < -0.4 is 11.1 Å². The van der Waals surface area contributed by atoms with Crippen molar-refractivity contribution in [2.75, 3.05) is 16.8 Å². The van der Waals surface area contributed by atoms with E-state index in [1.165, 1.54) is 22.2 Å². The smallest absolute Gasteiger partial charge is 0.234 e. The monoisotopic (exact) mass is 414 g/mol. The molecule has 3 aromatic rings. The molecule has 0 saturated carbocycles. The molecular weight excluding hydrogens is 392 g/mol. The number of amides is 1. The minimum absolute atomic E-state index is 0.101. The molecule has 3 heterocycles. The molecule has 0 saturated heterocycles. The molecule has 0 spiro atoms. The summed E-state index contributed by atoms with van der Waals surface area (Å²) in [5, 5.41) is 4.32. The van der Waals surface area contributed by atoms with Gasteiger partial charge in [-0.1, -0.05) is 36.9 Å². The number of aromatic nitrogens is 2. The second-order valence-corrected chi connectivity index (χ2v) is 9.07. The van der Waals surface area contributed by atoms with Gasteiger partial charge in [-0.05, 0) is 31.0 Å². The van der Waals surface area contributed by atoms with E-state index in [0.717, 1.165) is 28.7 Å². The summed E-state index contributed by atoms with van der Waals surface area (Å²) >= 11 is 2.89. The van der Waals surface area contributed by atoms with Gasteiger partial charge in [0, 0.05) is 17.0 Å². The third-order valence-electron chi connectivity index (χ3n) is 4.98. The maximum atomic E-state index is 12.2. The molecule has 0 radical (unpaired) electrons. The molecule has 0 unspecified atom stereocenters. The summed E-state index contributed by atoms with van der Waals surface area (Å²) in [6, 6.07) is 9.38. The van der Waals surface area contributed by atoms with Gasteiger partial charge >= 0.3 is 0 Å². The summed E-state index contributed by atoms with van der Waals surface area (Å²) in [4.78, 5) is 23.3. The molecule has 4 rings (SSSR count). The topological polar surface area (TPSA) is 90.1 Å². The lowest BCUT2D eigenvalue weighted by atomic mass is 9.90. The highest BCUT2D eigenvalue weighted by atomic mass is 32.2. The van der Waals surface area contributed by atoms with Crippen molar-refractivity contribution in [2.24, 2.45) is 0 Å². The molecule has 28 heavy (non-hydrogen) atoms. The van der Waals surface area contributed by atoms with E-state index in [2.05, 4.69) is 29.1 Å². The molecular formula is C20H22N4O2S2. The Hall–Kier alpha value is -2.16. The van der Waals surface area contributed by atoms with E-state index < -0.39 is 0 Å². The predicted molar refractivity (Wildman–Crippen MR) is 115 cm³/mol. The van der Waals surface area contributed by atoms with Crippen LogP contribution in [0.1, 0.15) is 30.7 Å². The van der Waals surface area contributed by atoms with Crippen molar-refractivity contribution >= 4 is 50.7 Å². The van der Waals surface area contributed by atoms with Gasteiger partial charge in [-0.15, -0.1) is 11.3 Å². The second kappa shape index (κ2) is 7.69. The summed E-state index contributed by atoms with van der Waals surface area (Å²) in [7, 11) is 0. The largest absolute Gasteiger partial charge is 0.383 e. The number of anilines is 2. The Bertz CT molecular complexity index is 1020. The van der Waals surface area contributed by atoms with Crippen LogP contribution in [0, 0.1) is 0 Å². The third kappa shape index (κ3) is 3.85. The Morgan fingerprint density at radius 1 is 1.36 bits per heavy atom. The van der Waals surface area contributed by atoms with Gasteiger partial charge in [0.05, 0.1) is 23.3 Å². The van der Waals surface area contributed by atoms with Gasteiger partial charge in [0.1, 0.15) is 10.6 Å². The molecule has 146 valence electrons. The quantitative estimate of drug-likeness (QED) is 0.479. The Kier molecular flexibility index (Phi) is 5.27. The second-order valence-electron chi connectivity index (χ2n) is 7.05. The lowest BCUT2D eigenvalue weighted by molar-refractivity contribution is -0.113. The third-order valence-corrected chi connectivity index (χ3v) is 6.93. The minimum Gasteiger partial charge on any atom is -0.383 e.